The SMILES string of the molecule is CC(C)(C)OC(=O)NC(Cc1ccc(F)nc1)C(=O)O. The molecule has 1 amide bonds. The number of alkyl carbamates (subject to hydrolysis) is 1. The van der Waals surface area contributed by atoms with Crippen molar-refractivity contribution in [1.82, 2.24) is 10.3 Å². The summed E-state index contributed by atoms with van der Waals surface area (Å²) in [5.41, 5.74) is -0.222. The zero-order valence-electron chi connectivity index (χ0n) is 11.5. The van der Waals surface area contributed by atoms with E-state index in [1.165, 1.54) is 12.3 Å². The molecule has 0 saturated heterocycles. The Morgan fingerprint density at radius 3 is 2.55 bits per heavy atom. The Morgan fingerprint density at radius 2 is 2.10 bits per heavy atom. The number of amides is 1. The summed E-state index contributed by atoms with van der Waals surface area (Å²) in [6.07, 6.45) is 0.393. The number of ether oxygens (including phenoxy) is 1. The topological polar surface area (TPSA) is 88.5 Å². The first-order valence-electron chi connectivity index (χ1n) is 6.00. The van der Waals surface area contributed by atoms with Crippen LogP contribution in [0.25, 0.3) is 0 Å². The normalized spacial score (nSPS) is 12.6. The Kier molecular flexibility index (Phi) is 5.01. The second kappa shape index (κ2) is 6.31. The van der Waals surface area contributed by atoms with Gasteiger partial charge in [-0.1, -0.05) is 6.07 Å². The quantitative estimate of drug-likeness (QED) is 0.822. The maximum Gasteiger partial charge on any atom is 0.408 e. The van der Waals surface area contributed by atoms with Gasteiger partial charge in [0.15, 0.2) is 0 Å². The minimum absolute atomic E-state index is 0.0120. The van der Waals surface area contributed by atoms with Gasteiger partial charge in [0.2, 0.25) is 5.95 Å². The number of hydrogen-bond acceptors (Lipinski definition) is 4. The number of rotatable bonds is 4. The first-order valence-corrected chi connectivity index (χ1v) is 6.00. The summed E-state index contributed by atoms with van der Waals surface area (Å²) in [6, 6.07) is 1.37. The van der Waals surface area contributed by atoms with E-state index in [-0.39, 0.29) is 6.42 Å². The van der Waals surface area contributed by atoms with Gasteiger partial charge in [-0.05, 0) is 32.4 Å². The number of carboxylic acids is 1. The molecule has 1 unspecified atom stereocenters. The van der Waals surface area contributed by atoms with Gasteiger partial charge in [-0.2, -0.15) is 4.39 Å². The average molecular weight is 284 g/mol. The summed E-state index contributed by atoms with van der Waals surface area (Å²) in [6.45, 7) is 5.02. The molecule has 7 heteroatoms. The average Bonchev–Trinajstić information content (AvgIpc) is 2.28. The molecule has 0 radical (unpaired) electrons. The van der Waals surface area contributed by atoms with E-state index in [9.17, 15) is 14.0 Å². The minimum atomic E-state index is -1.21. The van der Waals surface area contributed by atoms with E-state index in [1.807, 2.05) is 0 Å². The predicted octanol–water partition coefficient (Wildman–Crippen LogP) is 1.74. The molecule has 110 valence electrons. The van der Waals surface area contributed by atoms with Gasteiger partial charge in [-0.15, -0.1) is 0 Å². The number of hydrogen-bond donors (Lipinski definition) is 2. The van der Waals surface area contributed by atoms with E-state index >= 15 is 0 Å². The minimum Gasteiger partial charge on any atom is -0.480 e. The Bertz CT molecular complexity index is 482. The highest BCUT2D eigenvalue weighted by Gasteiger charge is 2.24. The summed E-state index contributed by atoms with van der Waals surface area (Å²) in [5.74, 6) is -1.86. The number of aromatic nitrogens is 1. The van der Waals surface area contributed by atoms with Gasteiger partial charge in [-0.25, -0.2) is 14.6 Å². The standard InChI is InChI=1S/C13H17FN2O4/c1-13(2,3)20-12(19)16-9(11(17)18)6-8-4-5-10(14)15-7-8/h4-5,7,9H,6H2,1-3H3,(H,16,19)(H,17,18). The first-order chi connectivity index (χ1) is 9.17. The van der Waals surface area contributed by atoms with E-state index < -0.39 is 29.7 Å². The fourth-order valence-corrected chi connectivity index (χ4v) is 1.41. The summed E-state index contributed by atoms with van der Waals surface area (Å²) < 4.78 is 17.6. The molecule has 1 atom stereocenters. The van der Waals surface area contributed by atoms with Crippen LogP contribution in [0.15, 0.2) is 18.3 Å². The number of halogens is 1. The molecule has 20 heavy (non-hydrogen) atoms. The van der Waals surface area contributed by atoms with Crippen LogP contribution in [0.1, 0.15) is 26.3 Å². The molecule has 1 heterocycles. The van der Waals surface area contributed by atoms with Crippen molar-refractivity contribution in [3.63, 3.8) is 0 Å². The summed E-state index contributed by atoms with van der Waals surface area (Å²) in [5, 5.41) is 11.3. The lowest BCUT2D eigenvalue weighted by Crippen LogP contribution is -2.44. The second-order valence-corrected chi connectivity index (χ2v) is 5.23. The van der Waals surface area contributed by atoms with Gasteiger partial charge in [0, 0.05) is 12.6 Å². The van der Waals surface area contributed by atoms with E-state index in [4.69, 9.17) is 9.84 Å². The second-order valence-electron chi connectivity index (χ2n) is 5.23. The highest BCUT2D eigenvalue weighted by atomic mass is 19.1. The molecule has 1 rings (SSSR count). The summed E-state index contributed by atoms with van der Waals surface area (Å²) in [7, 11) is 0. The maximum atomic E-state index is 12.7. The fourth-order valence-electron chi connectivity index (χ4n) is 1.41. The Hall–Kier alpha value is -2.18. The number of aliphatic carboxylic acids is 1. The third-order valence-electron chi connectivity index (χ3n) is 2.22. The lowest BCUT2D eigenvalue weighted by atomic mass is 10.1. The van der Waals surface area contributed by atoms with Crippen molar-refractivity contribution < 1.29 is 23.8 Å². The van der Waals surface area contributed by atoms with Gasteiger partial charge in [0.05, 0.1) is 0 Å². The number of carbonyl (C=O) groups is 2. The zero-order chi connectivity index (χ0) is 15.3. The van der Waals surface area contributed by atoms with Crippen LogP contribution in [-0.2, 0) is 16.0 Å². The Labute approximate surface area is 116 Å². The molecule has 0 fully saturated rings. The van der Waals surface area contributed by atoms with Crippen molar-refractivity contribution in [3.8, 4) is 0 Å². The van der Waals surface area contributed by atoms with Crippen molar-refractivity contribution >= 4 is 12.1 Å². The van der Waals surface area contributed by atoms with E-state index in [0.29, 0.717) is 5.56 Å². The van der Waals surface area contributed by atoms with Crippen LogP contribution in [0.2, 0.25) is 0 Å². The molecule has 1 aromatic rings. The molecule has 0 aliphatic carbocycles. The van der Waals surface area contributed by atoms with Crippen LogP contribution in [0.4, 0.5) is 9.18 Å². The smallest absolute Gasteiger partial charge is 0.408 e. The van der Waals surface area contributed by atoms with Crippen LogP contribution in [-0.4, -0.2) is 33.8 Å². The van der Waals surface area contributed by atoms with Crippen LogP contribution in [0.3, 0.4) is 0 Å². The van der Waals surface area contributed by atoms with Crippen molar-refractivity contribution in [2.45, 2.75) is 38.8 Å². The molecule has 0 spiro atoms. The third kappa shape index (κ3) is 5.64. The van der Waals surface area contributed by atoms with Gasteiger partial charge in [0.25, 0.3) is 0 Å². The van der Waals surface area contributed by atoms with Crippen LogP contribution >= 0.6 is 0 Å². The third-order valence-corrected chi connectivity index (χ3v) is 2.22. The van der Waals surface area contributed by atoms with E-state index in [2.05, 4.69) is 10.3 Å². The fraction of sp³-hybridized carbons (Fsp3) is 0.462. The van der Waals surface area contributed by atoms with Gasteiger partial charge >= 0.3 is 12.1 Å². The van der Waals surface area contributed by atoms with Crippen LogP contribution in [0, 0.1) is 5.95 Å². The molecule has 0 aliphatic heterocycles. The monoisotopic (exact) mass is 284 g/mol. The molecule has 1 aromatic heterocycles. The van der Waals surface area contributed by atoms with Gasteiger partial charge < -0.3 is 15.2 Å². The number of nitrogens with zero attached hydrogens (tertiary/aromatic N) is 1. The lowest BCUT2D eigenvalue weighted by molar-refractivity contribution is -0.139. The number of carboxylic acid groups (broad SMARTS) is 1. The zero-order valence-corrected chi connectivity index (χ0v) is 11.5. The van der Waals surface area contributed by atoms with E-state index in [1.54, 1.807) is 20.8 Å². The molecule has 0 aliphatic rings. The molecule has 0 bridgehead atoms. The van der Waals surface area contributed by atoms with Crippen molar-refractivity contribution in [1.29, 1.82) is 0 Å². The molecule has 6 nitrogen and oxygen atoms in total. The Balaban J connectivity index is 2.68. The summed E-state index contributed by atoms with van der Waals surface area (Å²) >= 11 is 0. The van der Waals surface area contributed by atoms with Gasteiger partial charge in [-0.3, -0.25) is 0 Å². The highest BCUT2D eigenvalue weighted by molar-refractivity contribution is 5.80. The molecule has 0 saturated carbocycles. The number of nitrogens with one attached hydrogen (secondary N) is 1. The highest BCUT2D eigenvalue weighted by Crippen LogP contribution is 2.08. The first kappa shape index (κ1) is 15.9. The van der Waals surface area contributed by atoms with Crippen molar-refractivity contribution in [3.05, 3.63) is 29.8 Å². The van der Waals surface area contributed by atoms with Crippen molar-refractivity contribution in [2.75, 3.05) is 0 Å². The van der Waals surface area contributed by atoms with Gasteiger partial charge in [0.1, 0.15) is 11.6 Å². The van der Waals surface area contributed by atoms with Crippen LogP contribution in [0.5, 0.6) is 0 Å². The maximum absolute atomic E-state index is 12.7. The predicted molar refractivity (Wildman–Crippen MR) is 68.7 cm³/mol. The summed E-state index contributed by atoms with van der Waals surface area (Å²) in [4.78, 5) is 26.1. The molecular formula is C13H17FN2O4. The molecule has 0 aromatic carbocycles. The lowest BCUT2D eigenvalue weighted by Gasteiger charge is -2.22. The molecular weight excluding hydrogens is 267 g/mol. The molecule has 2 N–H and O–H groups in total. The Morgan fingerprint density at radius 1 is 1.45 bits per heavy atom. The number of carbonyl (C=O) groups excluding carboxylic acids is 1. The van der Waals surface area contributed by atoms with Crippen LogP contribution < -0.4 is 5.32 Å². The van der Waals surface area contributed by atoms with E-state index in [0.717, 1.165) is 6.07 Å². The largest absolute Gasteiger partial charge is 0.480 e. The van der Waals surface area contributed by atoms with Crippen molar-refractivity contribution in [2.24, 2.45) is 0 Å². The number of pyridine rings is 1.